The van der Waals surface area contributed by atoms with Gasteiger partial charge in [0.05, 0.1) is 6.04 Å². The predicted molar refractivity (Wildman–Crippen MR) is 69.1 cm³/mol. The summed E-state index contributed by atoms with van der Waals surface area (Å²) in [5.41, 5.74) is 4.82. The summed E-state index contributed by atoms with van der Waals surface area (Å²) < 4.78 is 0. The first-order chi connectivity index (χ1) is 8.49. The zero-order valence-electron chi connectivity index (χ0n) is 11.3. The number of hydrogen-bond acceptors (Lipinski definition) is 3. The number of aliphatic carboxylic acids is 1. The molecule has 1 unspecified atom stereocenters. The topological polar surface area (TPSA) is 83.6 Å². The van der Waals surface area contributed by atoms with E-state index < -0.39 is 17.6 Å². The molecule has 5 heteroatoms. The van der Waals surface area contributed by atoms with Gasteiger partial charge in [0.2, 0.25) is 5.91 Å². The fraction of sp³-hybridized carbons (Fsp3) is 0.846. The van der Waals surface area contributed by atoms with E-state index in [2.05, 4.69) is 0 Å². The summed E-state index contributed by atoms with van der Waals surface area (Å²) in [4.78, 5) is 25.4. The monoisotopic (exact) mass is 256 g/mol. The maximum Gasteiger partial charge on any atom is 0.329 e. The molecule has 0 saturated carbocycles. The molecule has 0 radical (unpaired) electrons. The number of likely N-dealkylation sites (tertiary alicyclic amines) is 1. The van der Waals surface area contributed by atoms with E-state index in [1.54, 1.807) is 0 Å². The van der Waals surface area contributed by atoms with Gasteiger partial charge < -0.3 is 15.7 Å². The average Bonchev–Trinajstić information content (AvgIpc) is 2.74. The maximum atomic E-state index is 12.3. The first kappa shape index (κ1) is 15.0. The second kappa shape index (κ2) is 6.18. The Kier molecular flexibility index (Phi) is 5.14. The smallest absolute Gasteiger partial charge is 0.329 e. The van der Waals surface area contributed by atoms with Crippen molar-refractivity contribution in [2.75, 3.05) is 6.54 Å². The molecule has 0 aromatic carbocycles. The predicted octanol–water partition coefficient (Wildman–Crippen LogP) is 1.36. The Morgan fingerprint density at radius 1 is 1.39 bits per heavy atom. The normalized spacial score (nSPS) is 25.2. The second-order valence-corrected chi connectivity index (χ2v) is 5.08. The van der Waals surface area contributed by atoms with Crippen molar-refractivity contribution in [2.45, 2.75) is 64.0 Å². The molecule has 1 rings (SSSR count). The van der Waals surface area contributed by atoms with E-state index in [1.807, 2.05) is 13.8 Å². The van der Waals surface area contributed by atoms with Crippen molar-refractivity contribution < 1.29 is 14.7 Å². The van der Waals surface area contributed by atoms with Crippen molar-refractivity contribution in [3.05, 3.63) is 0 Å². The lowest BCUT2D eigenvalue weighted by atomic mass is 9.90. The summed E-state index contributed by atoms with van der Waals surface area (Å²) in [6.07, 6.45) is 3.98. The lowest BCUT2D eigenvalue weighted by Crippen LogP contribution is -2.57. The number of carboxylic acids is 1. The highest BCUT2D eigenvalue weighted by atomic mass is 16.4. The maximum absolute atomic E-state index is 12.3. The van der Waals surface area contributed by atoms with Crippen LogP contribution >= 0.6 is 0 Å². The summed E-state index contributed by atoms with van der Waals surface area (Å²) in [5, 5.41) is 9.49. The number of carbonyl (C=O) groups excluding carboxylic acids is 1. The molecule has 0 aliphatic carbocycles. The van der Waals surface area contributed by atoms with Crippen LogP contribution in [0.2, 0.25) is 0 Å². The van der Waals surface area contributed by atoms with Gasteiger partial charge in [-0.05, 0) is 25.7 Å². The average molecular weight is 256 g/mol. The van der Waals surface area contributed by atoms with Crippen molar-refractivity contribution in [3.63, 3.8) is 0 Å². The summed E-state index contributed by atoms with van der Waals surface area (Å²) in [5.74, 6) is -1.09. The van der Waals surface area contributed by atoms with Gasteiger partial charge in [-0.1, -0.05) is 26.7 Å². The van der Waals surface area contributed by atoms with Gasteiger partial charge >= 0.3 is 5.97 Å². The van der Waals surface area contributed by atoms with E-state index >= 15 is 0 Å². The largest absolute Gasteiger partial charge is 0.479 e. The fourth-order valence-corrected chi connectivity index (χ4v) is 2.84. The van der Waals surface area contributed by atoms with Gasteiger partial charge in [0, 0.05) is 6.54 Å². The molecule has 1 fully saturated rings. The van der Waals surface area contributed by atoms with Gasteiger partial charge in [-0.3, -0.25) is 4.79 Å². The second-order valence-electron chi connectivity index (χ2n) is 5.08. The summed E-state index contributed by atoms with van der Waals surface area (Å²) in [6, 6.07) is -0.566. The van der Waals surface area contributed by atoms with Crippen LogP contribution in [0.4, 0.5) is 0 Å². The minimum Gasteiger partial charge on any atom is -0.479 e. The number of nitrogens with zero attached hydrogens (tertiary/aromatic N) is 1. The van der Waals surface area contributed by atoms with Crippen LogP contribution in [0.3, 0.4) is 0 Å². The Morgan fingerprint density at radius 2 is 2.06 bits per heavy atom. The van der Waals surface area contributed by atoms with E-state index in [4.69, 9.17) is 5.73 Å². The van der Waals surface area contributed by atoms with Crippen molar-refractivity contribution >= 4 is 11.9 Å². The third-order valence-electron chi connectivity index (χ3n) is 3.73. The minimum atomic E-state index is -1.02. The molecule has 1 heterocycles. The van der Waals surface area contributed by atoms with Crippen LogP contribution in [-0.4, -0.2) is 40.0 Å². The molecular weight excluding hydrogens is 232 g/mol. The number of nitrogens with two attached hydrogens (primary N) is 1. The number of carbonyl (C=O) groups is 2. The Bertz CT molecular complexity index is 319. The van der Waals surface area contributed by atoms with Crippen LogP contribution in [-0.2, 0) is 9.59 Å². The highest BCUT2D eigenvalue weighted by Crippen LogP contribution is 2.34. The molecule has 3 N–H and O–H groups in total. The lowest BCUT2D eigenvalue weighted by molar-refractivity contribution is -0.157. The fourth-order valence-electron chi connectivity index (χ4n) is 2.84. The van der Waals surface area contributed by atoms with Crippen molar-refractivity contribution in [3.8, 4) is 0 Å². The molecule has 0 aromatic heterocycles. The molecule has 104 valence electrons. The van der Waals surface area contributed by atoms with Gasteiger partial charge in [-0.15, -0.1) is 0 Å². The minimum absolute atomic E-state index is 0.204. The summed E-state index contributed by atoms with van der Waals surface area (Å²) >= 11 is 0. The third kappa shape index (κ3) is 2.66. The number of hydrogen-bond donors (Lipinski definition) is 2. The van der Waals surface area contributed by atoms with Crippen LogP contribution in [0.5, 0.6) is 0 Å². The molecular formula is C13H24N2O3. The molecule has 2 atom stereocenters. The molecule has 0 bridgehead atoms. The van der Waals surface area contributed by atoms with Crippen molar-refractivity contribution in [1.82, 2.24) is 4.90 Å². The zero-order chi connectivity index (χ0) is 13.8. The molecule has 1 aliphatic rings. The van der Waals surface area contributed by atoms with Crippen LogP contribution < -0.4 is 5.73 Å². The Labute approximate surface area is 108 Å². The van der Waals surface area contributed by atoms with Crippen molar-refractivity contribution in [2.24, 2.45) is 5.73 Å². The standard InChI is InChI=1S/C13H24N2O3/c1-3-6-10(14)11(16)15-9-5-8-13(15,7-4-2)12(17)18/h10H,3-9,14H2,1-2H3,(H,17,18)/t10-,13?/m1/s1. The first-order valence-electron chi connectivity index (χ1n) is 6.80. The van der Waals surface area contributed by atoms with E-state index in [0.717, 1.165) is 19.3 Å². The number of rotatable bonds is 6. The quantitative estimate of drug-likeness (QED) is 0.751. The van der Waals surface area contributed by atoms with Gasteiger partial charge in [0.15, 0.2) is 0 Å². The molecule has 18 heavy (non-hydrogen) atoms. The Balaban J connectivity index is 2.91. The highest BCUT2D eigenvalue weighted by molar-refractivity contribution is 5.90. The molecule has 1 amide bonds. The van der Waals surface area contributed by atoms with Gasteiger partial charge in [0.25, 0.3) is 0 Å². The van der Waals surface area contributed by atoms with Gasteiger partial charge in [-0.25, -0.2) is 4.79 Å². The molecule has 5 nitrogen and oxygen atoms in total. The highest BCUT2D eigenvalue weighted by Gasteiger charge is 2.49. The molecule has 1 aliphatic heterocycles. The number of carboxylic acid groups (broad SMARTS) is 1. The van der Waals surface area contributed by atoms with E-state index in [1.165, 1.54) is 4.90 Å². The first-order valence-corrected chi connectivity index (χ1v) is 6.80. The van der Waals surface area contributed by atoms with E-state index in [0.29, 0.717) is 25.8 Å². The SMILES string of the molecule is CCC[C@@H](N)C(=O)N1CCCC1(CCC)C(=O)O. The third-order valence-corrected chi connectivity index (χ3v) is 3.73. The van der Waals surface area contributed by atoms with Gasteiger partial charge in [0.1, 0.15) is 5.54 Å². The van der Waals surface area contributed by atoms with Crippen LogP contribution in [0, 0.1) is 0 Å². The number of amides is 1. The van der Waals surface area contributed by atoms with E-state index in [9.17, 15) is 14.7 Å². The summed E-state index contributed by atoms with van der Waals surface area (Å²) in [6.45, 7) is 4.42. The van der Waals surface area contributed by atoms with Crippen molar-refractivity contribution in [1.29, 1.82) is 0 Å². The Morgan fingerprint density at radius 3 is 2.56 bits per heavy atom. The molecule has 0 spiro atoms. The van der Waals surface area contributed by atoms with Crippen LogP contribution in [0.25, 0.3) is 0 Å². The summed E-state index contributed by atoms with van der Waals surface area (Å²) in [7, 11) is 0. The van der Waals surface area contributed by atoms with Crippen LogP contribution in [0.15, 0.2) is 0 Å². The molecule has 1 saturated heterocycles. The molecule has 0 aromatic rings. The Hall–Kier alpha value is -1.10. The zero-order valence-corrected chi connectivity index (χ0v) is 11.3. The van der Waals surface area contributed by atoms with Crippen LogP contribution in [0.1, 0.15) is 52.4 Å². The van der Waals surface area contributed by atoms with Gasteiger partial charge in [-0.2, -0.15) is 0 Å². The van der Waals surface area contributed by atoms with E-state index in [-0.39, 0.29) is 5.91 Å². The lowest BCUT2D eigenvalue weighted by Gasteiger charge is -2.36.